The van der Waals surface area contributed by atoms with Gasteiger partial charge in [0.1, 0.15) is 5.76 Å². The molecule has 174 valence electrons. The molecule has 0 radical (unpaired) electrons. The van der Waals surface area contributed by atoms with Crippen LogP contribution in [0, 0.1) is 0 Å². The number of amides is 1. The van der Waals surface area contributed by atoms with Crippen molar-refractivity contribution in [3.8, 4) is 11.5 Å². The monoisotopic (exact) mass is 442 g/mol. The topological polar surface area (TPSA) is 97.1 Å². The third-order valence-corrected chi connectivity index (χ3v) is 6.08. The number of benzene rings is 1. The average molecular weight is 443 g/mol. The summed E-state index contributed by atoms with van der Waals surface area (Å²) in [5.41, 5.74) is 1.20. The van der Waals surface area contributed by atoms with Crippen LogP contribution in [-0.4, -0.2) is 46.2 Å². The smallest absolute Gasteiger partial charge is 0.239 e. The van der Waals surface area contributed by atoms with Crippen molar-refractivity contribution in [3.05, 3.63) is 47.9 Å². The number of carbonyl (C=O) groups excluding carboxylic acids is 1. The molecule has 3 N–H and O–H groups in total. The number of carbonyl (C=O) groups is 1. The maximum absolute atomic E-state index is 12.2. The summed E-state index contributed by atoms with van der Waals surface area (Å²) >= 11 is 0. The van der Waals surface area contributed by atoms with Crippen molar-refractivity contribution in [2.75, 3.05) is 34.4 Å². The molecule has 0 unspecified atom stereocenters. The van der Waals surface area contributed by atoms with Gasteiger partial charge in [-0.1, -0.05) is 25.3 Å². The lowest BCUT2D eigenvalue weighted by Gasteiger charge is -2.38. The lowest BCUT2D eigenvalue weighted by Crippen LogP contribution is -2.48. The number of nitrogens with zero attached hydrogens (tertiary/aromatic N) is 1. The number of rotatable bonds is 9. The van der Waals surface area contributed by atoms with E-state index in [9.17, 15) is 4.79 Å². The molecule has 3 rings (SSSR count). The lowest BCUT2D eigenvalue weighted by atomic mass is 9.69. The molecule has 1 aliphatic carbocycles. The van der Waals surface area contributed by atoms with Crippen LogP contribution in [0.5, 0.6) is 11.5 Å². The zero-order valence-corrected chi connectivity index (χ0v) is 19.2. The zero-order chi connectivity index (χ0) is 22.8. The van der Waals surface area contributed by atoms with Gasteiger partial charge in [0.2, 0.25) is 5.91 Å². The van der Waals surface area contributed by atoms with Crippen LogP contribution in [0.1, 0.15) is 43.4 Å². The van der Waals surface area contributed by atoms with E-state index in [1.54, 1.807) is 33.6 Å². The molecule has 1 amide bonds. The van der Waals surface area contributed by atoms with Crippen LogP contribution >= 0.6 is 0 Å². The van der Waals surface area contributed by atoms with Crippen LogP contribution in [0.4, 0.5) is 0 Å². The summed E-state index contributed by atoms with van der Waals surface area (Å²) in [5.74, 6) is 2.66. The SMILES string of the molecule is CN=C(NCC(=O)NCc1ccco1)NCC1(c2ccc(OC)c(OC)c2)CCCCC1. The zero-order valence-electron chi connectivity index (χ0n) is 19.2. The van der Waals surface area contributed by atoms with Crippen molar-refractivity contribution in [1.82, 2.24) is 16.0 Å². The average Bonchev–Trinajstić information content (AvgIpc) is 3.36. The Bertz CT molecular complexity index is 889. The fourth-order valence-corrected chi connectivity index (χ4v) is 4.26. The summed E-state index contributed by atoms with van der Waals surface area (Å²) in [7, 11) is 5.02. The fourth-order valence-electron chi connectivity index (χ4n) is 4.26. The van der Waals surface area contributed by atoms with Gasteiger partial charge >= 0.3 is 0 Å². The molecule has 0 saturated heterocycles. The van der Waals surface area contributed by atoms with Crippen LogP contribution in [0.15, 0.2) is 46.0 Å². The quantitative estimate of drug-likeness (QED) is 0.408. The van der Waals surface area contributed by atoms with E-state index >= 15 is 0 Å². The van der Waals surface area contributed by atoms with Gasteiger partial charge < -0.3 is 29.8 Å². The predicted octanol–water partition coefficient (Wildman–Crippen LogP) is 2.98. The van der Waals surface area contributed by atoms with E-state index in [0.29, 0.717) is 12.5 Å². The highest BCUT2D eigenvalue weighted by Crippen LogP contribution is 2.42. The van der Waals surface area contributed by atoms with Crippen molar-refractivity contribution in [3.63, 3.8) is 0 Å². The summed E-state index contributed by atoms with van der Waals surface area (Å²) in [4.78, 5) is 16.4. The molecular weight excluding hydrogens is 408 g/mol. The molecule has 1 heterocycles. The van der Waals surface area contributed by atoms with Gasteiger partial charge in [0.15, 0.2) is 17.5 Å². The summed E-state index contributed by atoms with van der Waals surface area (Å²) < 4.78 is 16.2. The fraction of sp³-hybridized carbons (Fsp3) is 0.500. The first-order valence-electron chi connectivity index (χ1n) is 11.1. The molecule has 0 aliphatic heterocycles. The van der Waals surface area contributed by atoms with Crippen molar-refractivity contribution < 1.29 is 18.7 Å². The number of ether oxygens (including phenoxy) is 2. The number of hydrogen-bond acceptors (Lipinski definition) is 5. The first-order chi connectivity index (χ1) is 15.6. The number of hydrogen-bond donors (Lipinski definition) is 3. The normalized spacial score (nSPS) is 15.7. The Balaban J connectivity index is 1.60. The third kappa shape index (κ3) is 5.96. The van der Waals surface area contributed by atoms with Gasteiger partial charge in [-0.15, -0.1) is 0 Å². The molecule has 8 heteroatoms. The van der Waals surface area contributed by atoms with Crippen LogP contribution in [0.25, 0.3) is 0 Å². The molecule has 2 aromatic rings. The molecule has 1 aliphatic rings. The van der Waals surface area contributed by atoms with Gasteiger partial charge in [0, 0.05) is 19.0 Å². The Labute approximate surface area is 189 Å². The van der Waals surface area contributed by atoms with Gasteiger partial charge in [-0.25, -0.2) is 0 Å². The largest absolute Gasteiger partial charge is 0.493 e. The molecule has 0 spiro atoms. The predicted molar refractivity (Wildman–Crippen MR) is 124 cm³/mol. The molecule has 8 nitrogen and oxygen atoms in total. The van der Waals surface area contributed by atoms with E-state index in [0.717, 1.165) is 36.6 Å². The molecular formula is C24H34N4O4. The van der Waals surface area contributed by atoms with E-state index in [2.05, 4.69) is 33.1 Å². The number of aliphatic imine (C=N–C) groups is 1. The highest BCUT2D eigenvalue weighted by Gasteiger charge is 2.34. The van der Waals surface area contributed by atoms with Gasteiger partial charge in [0.05, 0.1) is 33.6 Å². The second kappa shape index (κ2) is 11.5. The van der Waals surface area contributed by atoms with Gasteiger partial charge in [-0.2, -0.15) is 0 Å². The van der Waals surface area contributed by atoms with E-state index < -0.39 is 0 Å². The van der Waals surface area contributed by atoms with E-state index in [1.807, 2.05) is 12.1 Å². The maximum Gasteiger partial charge on any atom is 0.239 e. The lowest BCUT2D eigenvalue weighted by molar-refractivity contribution is -0.120. The minimum Gasteiger partial charge on any atom is -0.493 e. The second-order valence-electron chi connectivity index (χ2n) is 8.05. The number of nitrogens with one attached hydrogen (secondary N) is 3. The Morgan fingerprint density at radius 1 is 1.06 bits per heavy atom. The van der Waals surface area contributed by atoms with Gasteiger partial charge in [0.25, 0.3) is 0 Å². The summed E-state index contributed by atoms with van der Waals surface area (Å²) in [6.45, 7) is 1.21. The van der Waals surface area contributed by atoms with Gasteiger partial charge in [-0.3, -0.25) is 9.79 Å². The minimum atomic E-state index is -0.128. The van der Waals surface area contributed by atoms with E-state index in [1.165, 1.54) is 24.8 Å². The highest BCUT2D eigenvalue weighted by atomic mass is 16.5. The van der Waals surface area contributed by atoms with Crippen LogP contribution in [0.3, 0.4) is 0 Å². The molecule has 1 aromatic heterocycles. The standard InChI is InChI=1S/C24H34N4O4/c1-25-23(27-16-22(29)26-15-19-8-7-13-32-19)28-17-24(11-5-4-6-12-24)18-9-10-20(30-2)21(14-18)31-3/h7-10,13-14H,4-6,11-12,15-17H2,1-3H3,(H,26,29)(H2,25,27,28). The first kappa shape index (κ1) is 23.5. The van der Waals surface area contributed by atoms with Crippen LogP contribution in [-0.2, 0) is 16.8 Å². The molecule has 1 fully saturated rings. The Hall–Kier alpha value is -3.16. The molecule has 0 bridgehead atoms. The van der Waals surface area contributed by atoms with Crippen molar-refractivity contribution in [2.24, 2.45) is 4.99 Å². The summed E-state index contributed by atoms with van der Waals surface area (Å²) in [6, 6.07) is 9.81. The second-order valence-corrected chi connectivity index (χ2v) is 8.05. The maximum atomic E-state index is 12.2. The van der Waals surface area contributed by atoms with Crippen molar-refractivity contribution >= 4 is 11.9 Å². The van der Waals surface area contributed by atoms with Crippen LogP contribution in [0.2, 0.25) is 0 Å². The molecule has 1 saturated carbocycles. The van der Waals surface area contributed by atoms with Gasteiger partial charge in [-0.05, 0) is 42.7 Å². The molecule has 0 atom stereocenters. The molecule has 32 heavy (non-hydrogen) atoms. The number of guanidine groups is 1. The minimum absolute atomic E-state index is 0.0308. The first-order valence-corrected chi connectivity index (χ1v) is 11.1. The Kier molecular flexibility index (Phi) is 8.41. The highest BCUT2D eigenvalue weighted by molar-refractivity contribution is 5.86. The Morgan fingerprint density at radius 3 is 2.50 bits per heavy atom. The number of methoxy groups -OCH3 is 2. The third-order valence-electron chi connectivity index (χ3n) is 6.08. The Morgan fingerprint density at radius 2 is 1.84 bits per heavy atom. The van der Waals surface area contributed by atoms with Crippen LogP contribution < -0.4 is 25.4 Å². The van der Waals surface area contributed by atoms with E-state index in [4.69, 9.17) is 13.9 Å². The van der Waals surface area contributed by atoms with E-state index in [-0.39, 0.29) is 17.9 Å². The summed E-state index contributed by atoms with van der Waals surface area (Å²) in [6.07, 6.45) is 7.35. The van der Waals surface area contributed by atoms with Crippen molar-refractivity contribution in [1.29, 1.82) is 0 Å². The molecule has 1 aromatic carbocycles. The number of furan rings is 1. The summed E-state index contributed by atoms with van der Waals surface area (Å²) in [5, 5.41) is 9.36. The van der Waals surface area contributed by atoms with Crippen molar-refractivity contribution in [2.45, 2.75) is 44.1 Å².